The molecule has 0 saturated heterocycles. The SMILES string of the molecule is O=C(Nc1cccc(C(F)(F)F)c1)c1cccnc1NCc1cccc(O)c1. The molecule has 3 N–H and O–H groups in total. The molecule has 5 nitrogen and oxygen atoms in total. The minimum absolute atomic E-state index is 0.0302. The lowest BCUT2D eigenvalue weighted by Crippen LogP contribution is -2.16. The van der Waals surface area contributed by atoms with Crippen molar-refractivity contribution in [2.24, 2.45) is 0 Å². The summed E-state index contributed by atoms with van der Waals surface area (Å²) >= 11 is 0. The third kappa shape index (κ3) is 4.79. The number of rotatable bonds is 5. The van der Waals surface area contributed by atoms with Gasteiger partial charge in [0.05, 0.1) is 11.1 Å². The smallest absolute Gasteiger partial charge is 0.416 e. The van der Waals surface area contributed by atoms with Crippen molar-refractivity contribution in [2.45, 2.75) is 12.7 Å². The minimum atomic E-state index is -4.50. The van der Waals surface area contributed by atoms with Crippen LogP contribution in [0.1, 0.15) is 21.5 Å². The van der Waals surface area contributed by atoms with Crippen LogP contribution < -0.4 is 10.6 Å². The summed E-state index contributed by atoms with van der Waals surface area (Å²) in [5, 5.41) is 15.0. The van der Waals surface area contributed by atoms with Gasteiger partial charge in [-0.15, -0.1) is 0 Å². The van der Waals surface area contributed by atoms with Crippen LogP contribution in [-0.4, -0.2) is 16.0 Å². The summed E-state index contributed by atoms with van der Waals surface area (Å²) in [4.78, 5) is 16.7. The number of aromatic nitrogens is 1. The average molecular weight is 387 g/mol. The summed E-state index contributed by atoms with van der Waals surface area (Å²) in [5.74, 6) is -0.205. The Bertz CT molecular complexity index is 990. The van der Waals surface area contributed by atoms with Crippen LogP contribution in [0.4, 0.5) is 24.7 Å². The standard InChI is InChI=1S/C20H16F3N3O2/c21-20(22,23)14-5-2-6-15(11-14)26-19(28)17-8-3-9-24-18(17)25-12-13-4-1-7-16(27)10-13/h1-11,27H,12H2,(H,24,25)(H,26,28). The maximum absolute atomic E-state index is 12.8. The van der Waals surface area contributed by atoms with Crippen molar-refractivity contribution in [1.82, 2.24) is 4.98 Å². The van der Waals surface area contributed by atoms with Gasteiger partial charge in [-0.25, -0.2) is 4.98 Å². The maximum Gasteiger partial charge on any atom is 0.416 e. The number of pyridine rings is 1. The van der Waals surface area contributed by atoms with E-state index in [1.54, 1.807) is 24.3 Å². The Morgan fingerprint density at radius 2 is 1.82 bits per heavy atom. The topological polar surface area (TPSA) is 74.2 Å². The summed E-state index contributed by atoms with van der Waals surface area (Å²) < 4.78 is 38.5. The highest BCUT2D eigenvalue weighted by atomic mass is 19.4. The normalized spacial score (nSPS) is 11.1. The molecule has 0 spiro atoms. The van der Waals surface area contributed by atoms with E-state index >= 15 is 0 Å². The van der Waals surface area contributed by atoms with E-state index in [9.17, 15) is 23.1 Å². The molecule has 144 valence electrons. The largest absolute Gasteiger partial charge is 0.508 e. The molecule has 2 aromatic carbocycles. The van der Waals surface area contributed by atoms with Crippen LogP contribution in [0, 0.1) is 0 Å². The van der Waals surface area contributed by atoms with Crippen molar-refractivity contribution >= 4 is 17.4 Å². The van der Waals surface area contributed by atoms with Gasteiger partial charge in [0.2, 0.25) is 0 Å². The van der Waals surface area contributed by atoms with Crippen molar-refractivity contribution in [3.8, 4) is 5.75 Å². The van der Waals surface area contributed by atoms with Gasteiger partial charge in [-0.3, -0.25) is 4.79 Å². The number of nitrogens with zero attached hydrogens (tertiary/aromatic N) is 1. The monoisotopic (exact) mass is 387 g/mol. The van der Waals surface area contributed by atoms with Crippen LogP contribution in [0.2, 0.25) is 0 Å². The lowest BCUT2D eigenvalue weighted by Gasteiger charge is -2.13. The second-order valence-electron chi connectivity index (χ2n) is 5.96. The highest BCUT2D eigenvalue weighted by Gasteiger charge is 2.30. The van der Waals surface area contributed by atoms with Gasteiger partial charge in [0.25, 0.3) is 5.91 Å². The molecule has 0 radical (unpaired) electrons. The number of aromatic hydroxyl groups is 1. The molecule has 0 aliphatic heterocycles. The number of alkyl halides is 3. The summed E-state index contributed by atoms with van der Waals surface area (Å²) in [6, 6.07) is 14.1. The van der Waals surface area contributed by atoms with Crippen molar-refractivity contribution < 1.29 is 23.1 Å². The molecule has 0 bridgehead atoms. The quantitative estimate of drug-likeness (QED) is 0.595. The average Bonchev–Trinajstić information content (AvgIpc) is 2.66. The first-order chi connectivity index (χ1) is 13.3. The Balaban J connectivity index is 1.76. The molecular formula is C20H16F3N3O2. The number of hydrogen-bond donors (Lipinski definition) is 3. The maximum atomic E-state index is 12.8. The van der Waals surface area contributed by atoms with Crippen LogP contribution >= 0.6 is 0 Å². The zero-order valence-electron chi connectivity index (χ0n) is 14.5. The second kappa shape index (κ2) is 7.99. The summed E-state index contributed by atoms with van der Waals surface area (Å²) in [7, 11) is 0. The number of phenols is 1. The fourth-order valence-electron chi connectivity index (χ4n) is 2.55. The van der Waals surface area contributed by atoms with Crippen LogP contribution in [0.3, 0.4) is 0 Å². The number of phenolic OH excluding ortho intramolecular Hbond substituents is 1. The number of carbonyl (C=O) groups is 1. The molecule has 0 unspecified atom stereocenters. The van der Waals surface area contributed by atoms with Gasteiger partial charge < -0.3 is 15.7 Å². The van der Waals surface area contributed by atoms with E-state index in [0.29, 0.717) is 6.54 Å². The Morgan fingerprint density at radius 1 is 1.04 bits per heavy atom. The molecule has 1 amide bonds. The molecule has 1 aromatic heterocycles. The fraction of sp³-hybridized carbons (Fsp3) is 0.100. The predicted octanol–water partition coefficient (Wildman–Crippen LogP) is 4.67. The third-order valence-electron chi connectivity index (χ3n) is 3.87. The first-order valence-electron chi connectivity index (χ1n) is 8.28. The van der Waals surface area contributed by atoms with Crippen LogP contribution in [-0.2, 0) is 12.7 Å². The van der Waals surface area contributed by atoms with Crippen molar-refractivity contribution in [3.05, 3.63) is 83.6 Å². The first-order valence-corrected chi connectivity index (χ1v) is 8.28. The number of benzene rings is 2. The summed E-state index contributed by atoms with van der Waals surface area (Å²) in [5.41, 5.74) is 0.135. The molecule has 0 fully saturated rings. The lowest BCUT2D eigenvalue weighted by molar-refractivity contribution is -0.137. The lowest BCUT2D eigenvalue weighted by atomic mass is 10.1. The van der Waals surface area contributed by atoms with Gasteiger partial charge in [-0.05, 0) is 48.0 Å². The van der Waals surface area contributed by atoms with Gasteiger partial charge in [-0.1, -0.05) is 18.2 Å². The fourth-order valence-corrected chi connectivity index (χ4v) is 2.55. The van der Waals surface area contributed by atoms with Gasteiger partial charge in [-0.2, -0.15) is 13.2 Å². The third-order valence-corrected chi connectivity index (χ3v) is 3.87. The van der Waals surface area contributed by atoms with Crippen LogP contribution in [0.15, 0.2) is 66.9 Å². The molecule has 0 aliphatic rings. The van der Waals surface area contributed by atoms with Crippen molar-refractivity contribution in [2.75, 3.05) is 10.6 Å². The number of halogens is 3. The molecule has 0 atom stereocenters. The summed E-state index contributed by atoms with van der Waals surface area (Å²) in [6.07, 6.45) is -3.01. The van der Waals surface area contributed by atoms with E-state index in [0.717, 1.165) is 17.7 Å². The number of carbonyl (C=O) groups excluding carboxylic acids is 1. The van der Waals surface area contributed by atoms with E-state index in [1.807, 2.05) is 0 Å². The predicted molar refractivity (Wildman–Crippen MR) is 99.1 cm³/mol. The zero-order valence-corrected chi connectivity index (χ0v) is 14.5. The number of amides is 1. The van der Waals surface area contributed by atoms with Gasteiger partial charge in [0.1, 0.15) is 11.6 Å². The van der Waals surface area contributed by atoms with E-state index < -0.39 is 17.6 Å². The first kappa shape index (κ1) is 19.2. The van der Waals surface area contributed by atoms with E-state index in [4.69, 9.17) is 0 Å². The van der Waals surface area contributed by atoms with Crippen molar-refractivity contribution in [1.29, 1.82) is 0 Å². The Labute approximate surface area is 158 Å². The van der Waals surface area contributed by atoms with E-state index in [2.05, 4.69) is 15.6 Å². The Morgan fingerprint density at radius 3 is 2.57 bits per heavy atom. The van der Waals surface area contributed by atoms with Crippen molar-refractivity contribution in [3.63, 3.8) is 0 Å². The molecule has 28 heavy (non-hydrogen) atoms. The number of nitrogens with one attached hydrogen (secondary N) is 2. The Hall–Kier alpha value is -3.55. The number of hydrogen-bond acceptors (Lipinski definition) is 4. The molecule has 3 rings (SSSR count). The van der Waals surface area contributed by atoms with Gasteiger partial charge in [0.15, 0.2) is 0 Å². The Kier molecular flexibility index (Phi) is 5.49. The number of anilines is 2. The molecule has 8 heteroatoms. The van der Waals surface area contributed by atoms with Crippen LogP contribution in [0.25, 0.3) is 0 Å². The highest BCUT2D eigenvalue weighted by molar-refractivity contribution is 6.07. The van der Waals surface area contributed by atoms with E-state index in [1.165, 1.54) is 30.5 Å². The molecule has 3 aromatic rings. The molecule has 1 heterocycles. The molecule has 0 saturated carbocycles. The molecular weight excluding hydrogens is 371 g/mol. The highest BCUT2D eigenvalue weighted by Crippen LogP contribution is 2.30. The van der Waals surface area contributed by atoms with Gasteiger partial charge >= 0.3 is 6.18 Å². The van der Waals surface area contributed by atoms with E-state index in [-0.39, 0.29) is 22.8 Å². The molecule has 0 aliphatic carbocycles. The summed E-state index contributed by atoms with van der Waals surface area (Å²) in [6.45, 7) is 0.301. The zero-order chi connectivity index (χ0) is 20.1. The van der Waals surface area contributed by atoms with Crippen LogP contribution in [0.5, 0.6) is 5.75 Å². The van der Waals surface area contributed by atoms with Gasteiger partial charge in [0, 0.05) is 18.4 Å². The minimum Gasteiger partial charge on any atom is -0.508 e. The second-order valence-corrected chi connectivity index (χ2v) is 5.96.